The highest BCUT2D eigenvalue weighted by atomic mass is 16.7. The van der Waals surface area contributed by atoms with Crippen molar-refractivity contribution in [2.75, 3.05) is 6.61 Å². The van der Waals surface area contributed by atoms with Gasteiger partial charge in [0.15, 0.2) is 5.78 Å². The van der Waals surface area contributed by atoms with Gasteiger partial charge in [-0.15, -0.1) is 0 Å². The first-order chi connectivity index (χ1) is 15.2. The first-order valence-electron chi connectivity index (χ1n) is 9.85. The Balaban J connectivity index is 1.79. The van der Waals surface area contributed by atoms with Gasteiger partial charge in [-0.3, -0.25) is 9.59 Å². The van der Waals surface area contributed by atoms with E-state index in [4.69, 9.17) is 9.47 Å². The van der Waals surface area contributed by atoms with Crippen molar-refractivity contribution in [1.82, 2.24) is 0 Å². The van der Waals surface area contributed by atoms with E-state index in [1.54, 1.807) is 6.92 Å². The Morgan fingerprint density at radius 2 is 1.59 bits per heavy atom. The maximum Gasteiger partial charge on any atom is 0.229 e. The van der Waals surface area contributed by atoms with Crippen LogP contribution in [-0.4, -0.2) is 79.5 Å². The van der Waals surface area contributed by atoms with E-state index >= 15 is 0 Å². The second kappa shape index (κ2) is 8.24. The first kappa shape index (κ1) is 22.3. The average Bonchev–Trinajstić information content (AvgIpc) is 2.76. The van der Waals surface area contributed by atoms with Crippen molar-refractivity contribution < 1.29 is 49.7 Å². The predicted octanol–water partition coefficient (Wildman–Crippen LogP) is -0.853. The fourth-order valence-corrected chi connectivity index (χ4v) is 4.01. The highest BCUT2D eigenvalue weighted by Crippen LogP contribution is 2.39. The number of carbonyl (C=O) groups is 2. The van der Waals surface area contributed by atoms with Gasteiger partial charge >= 0.3 is 0 Å². The number of aliphatic hydroxyl groups is 5. The SMILES string of the molecule is Cc1cc(O[C@@H]2O[C@H](CO)[C@@H](O)[C@H](O)[C@H]2O)c2c(c1)C(=O)c1cc(CO)cc(O)c1C2=O. The summed E-state index contributed by atoms with van der Waals surface area (Å²) >= 11 is 0. The molecule has 1 aliphatic heterocycles. The van der Waals surface area contributed by atoms with Gasteiger partial charge < -0.3 is 40.1 Å². The molecule has 1 aliphatic carbocycles. The Labute approximate surface area is 181 Å². The Morgan fingerprint density at radius 1 is 0.906 bits per heavy atom. The summed E-state index contributed by atoms with van der Waals surface area (Å²) in [5.41, 5.74) is 0.318. The normalized spacial score (nSPS) is 27.1. The lowest BCUT2D eigenvalue weighted by Gasteiger charge is -2.39. The van der Waals surface area contributed by atoms with Crippen molar-refractivity contribution in [3.63, 3.8) is 0 Å². The van der Waals surface area contributed by atoms with Gasteiger partial charge in [-0.05, 0) is 42.3 Å². The van der Waals surface area contributed by atoms with Gasteiger partial charge in [0.25, 0.3) is 0 Å². The topological polar surface area (TPSA) is 174 Å². The number of aromatic hydroxyl groups is 1. The standard InChI is InChI=1S/C22H22O10/c1-8-2-10-16(19(28)15-11(17(10)26)4-9(6-23)5-12(15)25)13(3-8)31-22-21(30)20(29)18(27)14(7-24)32-22/h2-5,14,18,20-25,27,29-30H,6-7H2,1H3/t14-,18-,20+,21-,22-/m1/s1. The number of aliphatic hydroxyl groups excluding tert-OH is 5. The van der Waals surface area contributed by atoms with E-state index in [2.05, 4.69) is 0 Å². The molecule has 0 amide bonds. The Bertz CT molecular complexity index is 1090. The molecule has 0 spiro atoms. The summed E-state index contributed by atoms with van der Waals surface area (Å²) in [6.07, 6.45) is -7.78. The zero-order chi connectivity index (χ0) is 23.3. The molecule has 32 heavy (non-hydrogen) atoms. The quantitative estimate of drug-likeness (QED) is 0.296. The van der Waals surface area contributed by atoms with Crippen LogP contribution in [0.3, 0.4) is 0 Å². The summed E-state index contributed by atoms with van der Waals surface area (Å²) in [6.45, 7) is 0.548. The fraction of sp³-hybridized carbons (Fsp3) is 0.364. The zero-order valence-electron chi connectivity index (χ0n) is 16.9. The van der Waals surface area contributed by atoms with Gasteiger partial charge in [0.2, 0.25) is 12.1 Å². The molecular weight excluding hydrogens is 424 g/mol. The lowest BCUT2D eigenvalue weighted by molar-refractivity contribution is -0.277. The molecule has 10 heteroatoms. The van der Waals surface area contributed by atoms with Crippen LogP contribution in [0.15, 0.2) is 24.3 Å². The lowest BCUT2D eigenvalue weighted by Crippen LogP contribution is -2.60. The average molecular weight is 446 g/mol. The van der Waals surface area contributed by atoms with E-state index in [-0.39, 0.29) is 33.6 Å². The van der Waals surface area contributed by atoms with Gasteiger partial charge in [-0.25, -0.2) is 0 Å². The molecule has 0 unspecified atom stereocenters. The van der Waals surface area contributed by atoms with Crippen molar-refractivity contribution in [2.24, 2.45) is 0 Å². The summed E-state index contributed by atoms with van der Waals surface area (Å²) in [7, 11) is 0. The summed E-state index contributed by atoms with van der Waals surface area (Å²) < 4.78 is 11.0. The summed E-state index contributed by atoms with van der Waals surface area (Å²) in [5, 5.41) is 59.3. The molecule has 2 aromatic rings. The van der Waals surface area contributed by atoms with Crippen molar-refractivity contribution in [3.8, 4) is 11.5 Å². The number of ether oxygens (including phenoxy) is 2. The van der Waals surface area contributed by atoms with Crippen molar-refractivity contribution >= 4 is 11.6 Å². The molecule has 6 N–H and O–H groups in total. The summed E-state index contributed by atoms with van der Waals surface area (Å²) in [4.78, 5) is 26.4. The molecule has 0 saturated carbocycles. The van der Waals surface area contributed by atoms with E-state index in [0.29, 0.717) is 5.56 Å². The maximum atomic E-state index is 13.3. The van der Waals surface area contributed by atoms with Crippen molar-refractivity contribution in [2.45, 2.75) is 44.2 Å². The molecule has 0 radical (unpaired) electrons. The van der Waals surface area contributed by atoms with Crippen LogP contribution in [0.1, 0.15) is 43.0 Å². The van der Waals surface area contributed by atoms with Crippen LogP contribution in [0.2, 0.25) is 0 Å². The molecule has 1 fully saturated rings. The Morgan fingerprint density at radius 3 is 2.25 bits per heavy atom. The third-order valence-corrected chi connectivity index (χ3v) is 5.64. The number of fused-ring (bicyclic) bond motifs is 2. The zero-order valence-corrected chi connectivity index (χ0v) is 16.9. The van der Waals surface area contributed by atoms with Crippen LogP contribution in [0.5, 0.6) is 11.5 Å². The van der Waals surface area contributed by atoms with Crippen LogP contribution >= 0.6 is 0 Å². The molecule has 2 aromatic carbocycles. The third kappa shape index (κ3) is 3.47. The van der Waals surface area contributed by atoms with Crippen molar-refractivity contribution in [1.29, 1.82) is 0 Å². The van der Waals surface area contributed by atoms with E-state index in [1.807, 2.05) is 0 Å². The smallest absolute Gasteiger partial charge is 0.229 e. The highest BCUT2D eigenvalue weighted by Gasteiger charge is 2.45. The maximum absolute atomic E-state index is 13.3. The molecule has 170 valence electrons. The number of hydrogen-bond acceptors (Lipinski definition) is 10. The number of aryl methyl sites for hydroxylation is 1. The van der Waals surface area contributed by atoms with E-state index < -0.39 is 61.2 Å². The number of rotatable bonds is 4. The molecule has 1 saturated heterocycles. The van der Waals surface area contributed by atoms with Crippen LogP contribution in [0.4, 0.5) is 0 Å². The minimum absolute atomic E-state index is 0.00317. The molecule has 5 atom stereocenters. The number of hydrogen-bond donors (Lipinski definition) is 6. The highest BCUT2D eigenvalue weighted by molar-refractivity contribution is 6.30. The third-order valence-electron chi connectivity index (χ3n) is 5.64. The number of benzene rings is 2. The minimum Gasteiger partial charge on any atom is -0.507 e. The second-order valence-electron chi connectivity index (χ2n) is 7.85. The number of phenolic OH excluding ortho intramolecular Hbond substituents is 1. The molecule has 1 heterocycles. The number of carbonyl (C=O) groups excluding carboxylic acids is 2. The van der Waals surface area contributed by atoms with Crippen LogP contribution in [0.25, 0.3) is 0 Å². The summed E-state index contributed by atoms with van der Waals surface area (Å²) in [6, 6.07) is 5.41. The monoisotopic (exact) mass is 446 g/mol. The van der Waals surface area contributed by atoms with E-state index in [9.17, 15) is 40.2 Å². The van der Waals surface area contributed by atoms with Crippen LogP contribution in [-0.2, 0) is 11.3 Å². The van der Waals surface area contributed by atoms with Gasteiger partial charge in [-0.1, -0.05) is 0 Å². The summed E-state index contributed by atoms with van der Waals surface area (Å²) in [5.74, 6) is -1.90. The lowest BCUT2D eigenvalue weighted by atomic mass is 9.81. The molecular formula is C22H22O10. The predicted molar refractivity (Wildman–Crippen MR) is 106 cm³/mol. The Hall–Kier alpha value is -2.86. The van der Waals surface area contributed by atoms with Gasteiger partial charge in [0.1, 0.15) is 35.9 Å². The fourth-order valence-electron chi connectivity index (χ4n) is 4.01. The first-order valence-corrected chi connectivity index (χ1v) is 9.85. The molecule has 2 aliphatic rings. The Kier molecular flexibility index (Phi) is 5.76. The largest absolute Gasteiger partial charge is 0.507 e. The second-order valence-corrected chi connectivity index (χ2v) is 7.85. The van der Waals surface area contributed by atoms with E-state index in [0.717, 1.165) is 0 Å². The number of ketones is 2. The van der Waals surface area contributed by atoms with Crippen LogP contribution < -0.4 is 4.74 Å². The van der Waals surface area contributed by atoms with Gasteiger partial charge in [0, 0.05) is 11.1 Å². The van der Waals surface area contributed by atoms with Gasteiger partial charge in [-0.2, -0.15) is 0 Å². The molecule has 0 aromatic heterocycles. The molecule has 10 nitrogen and oxygen atoms in total. The van der Waals surface area contributed by atoms with Gasteiger partial charge in [0.05, 0.1) is 24.3 Å². The van der Waals surface area contributed by atoms with Crippen LogP contribution in [0, 0.1) is 6.92 Å². The number of phenols is 1. The molecule has 0 bridgehead atoms. The van der Waals surface area contributed by atoms with Crippen molar-refractivity contribution in [3.05, 3.63) is 57.6 Å². The minimum atomic E-state index is -1.72. The molecule has 4 rings (SSSR count). The van der Waals surface area contributed by atoms with E-state index in [1.165, 1.54) is 24.3 Å².